The first kappa shape index (κ1) is 32.5. The summed E-state index contributed by atoms with van der Waals surface area (Å²) >= 11 is 1.84. The normalized spacial score (nSPS) is 14.6. The number of thiophene rings is 1. The van der Waals surface area contributed by atoms with Gasteiger partial charge in [-0.1, -0.05) is 121 Å². The molecule has 1 aliphatic heterocycles. The Morgan fingerprint density at radius 1 is 0.492 bits per heavy atom. The number of para-hydroxylation sites is 2. The smallest absolute Gasteiger partial charge is 0.159 e. The number of furan rings is 1. The van der Waals surface area contributed by atoms with Gasteiger partial charge < -0.3 is 14.3 Å². The first-order valence-corrected chi connectivity index (χ1v) is 20.7. The Labute approximate surface area is 341 Å². The van der Waals surface area contributed by atoms with E-state index in [1.165, 1.54) is 47.1 Å². The second-order valence-electron chi connectivity index (χ2n) is 15.4. The number of hydrogen-bond acceptors (Lipinski definition) is 5. The van der Waals surface area contributed by atoms with Gasteiger partial charge in [-0.05, 0) is 82.2 Å². The predicted molar refractivity (Wildman–Crippen MR) is 248 cm³/mol. The zero-order valence-electron chi connectivity index (χ0n) is 31.6. The molecule has 0 spiro atoms. The fourth-order valence-corrected chi connectivity index (χ4v) is 10.4. The Bertz CT molecular complexity index is 3790. The molecule has 276 valence electrons. The average Bonchev–Trinajstić information content (AvgIpc) is 3.97. The van der Waals surface area contributed by atoms with E-state index in [-0.39, 0.29) is 0 Å². The third-order valence-corrected chi connectivity index (χ3v) is 13.1. The van der Waals surface area contributed by atoms with E-state index in [9.17, 15) is 0 Å². The minimum Gasteiger partial charge on any atom is -0.456 e. The molecule has 0 saturated carbocycles. The minimum absolute atomic E-state index is 0.476. The molecule has 13 rings (SSSR count). The molecule has 0 aliphatic carbocycles. The van der Waals surface area contributed by atoms with Gasteiger partial charge in [0.2, 0.25) is 0 Å². The standard InChI is InChI=1S/C53H32N4OS/c1-2-12-32-27-35(22-21-31(32)11-1)51-54-52(36-23-25-46-42(29-36)38-16-6-9-19-45(38)58-46)56-53(55-51)40-24-26-48-49(39-17-7-10-20-47(39)59-48)50(40)57-43-18-8-5-15-37(43)41-28-33-13-3-4-14-34(33)30-44(41)57/h1-30,53H,(H,54,55,56). The lowest BCUT2D eigenvalue weighted by molar-refractivity contribution is 0.668. The summed E-state index contributed by atoms with van der Waals surface area (Å²) in [7, 11) is 0. The van der Waals surface area contributed by atoms with Crippen LogP contribution in [0.5, 0.6) is 0 Å². The Morgan fingerprint density at radius 2 is 1.19 bits per heavy atom. The van der Waals surface area contributed by atoms with Crippen molar-refractivity contribution in [1.29, 1.82) is 0 Å². The molecule has 1 aliphatic rings. The molecule has 0 bridgehead atoms. The number of aliphatic imine (C=N–C) groups is 2. The van der Waals surface area contributed by atoms with E-state index in [0.717, 1.165) is 66.6 Å². The van der Waals surface area contributed by atoms with Crippen LogP contribution in [0.25, 0.3) is 91.1 Å². The summed E-state index contributed by atoms with van der Waals surface area (Å²) < 4.78 is 11.2. The number of amidine groups is 2. The van der Waals surface area contributed by atoms with E-state index in [0.29, 0.717) is 5.84 Å². The van der Waals surface area contributed by atoms with Crippen LogP contribution in [0, 0.1) is 0 Å². The van der Waals surface area contributed by atoms with Gasteiger partial charge in [0.25, 0.3) is 0 Å². The van der Waals surface area contributed by atoms with Gasteiger partial charge in [-0.25, -0.2) is 9.98 Å². The van der Waals surface area contributed by atoms with Crippen molar-refractivity contribution >= 4 is 108 Å². The van der Waals surface area contributed by atoms with Crippen LogP contribution < -0.4 is 5.32 Å². The summed E-state index contributed by atoms with van der Waals surface area (Å²) in [4.78, 5) is 10.9. The van der Waals surface area contributed by atoms with Crippen molar-refractivity contribution in [3.63, 3.8) is 0 Å². The van der Waals surface area contributed by atoms with Crippen molar-refractivity contribution in [2.45, 2.75) is 6.17 Å². The SMILES string of the molecule is c1ccc2cc(C3=NC(c4ccc5sc6ccccc6c5c4-n4c5ccccc5c5cc6ccccc6cc54)NC(c4ccc5oc6ccccc6c5c4)=N3)ccc2c1. The van der Waals surface area contributed by atoms with Crippen molar-refractivity contribution in [2.24, 2.45) is 9.98 Å². The molecular formula is C53H32N4OS. The highest BCUT2D eigenvalue weighted by Crippen LogP contribution is 2.45. The highest BCUT2D eigenvalue weighted by atomic mass is 32.1. The maximum absolute atomic E-state index is 6.25. The van der Waals surface area contributed by atoms with Crippen molar-refractivity contribution in [3.05, 3.63) is 199 Å². The molecule has 12 aromatic rings. The van der Waals surface area contributed by atoms with Crippen molar-refractivity contribution < 1.29 is 4.42 Å². The molecule has 5 nitrogen and oxygen atoms in total. The van der Waals surface area contributed by atoms with Gasteiger partial charge >= 0.3 is 0 Å². The molecule has 3 aromatic heterocycles. The quantitative estimate of drug-likeness (QED) is 0.194. The van der Waals surface area contributed by atoms with E-state index >= 15 is 0 Å². The zero-order valence-corrected chi connectivity index (χ0v) is 32.4. The van der Waals surface area contributed by atoms with Gasteiger partial charge in [-0.15, -0.1) is 11.3 Å². The molecule has 4 heterocycles. The van der Waals surface area contributed by atoms with E-state index in [4.69, 9.17) is 14.4 Å². The molecule has 9 aromatic carbocycles. The molecule has 0 saturated heterocycles. The first-order chi connectivity index (χ1) is 29.2. The number of benzene rings is 9. The average molecular weight is 773 g/mol. The summed E-state index contributed by atoms with van der Waals surface area (Å²) in [6.07, 6.45) is -0.476. The third kappa shape index (κ3) is 4.97. The Balaban J connectivity index is 1.10. The largest absolute Gasteiger partial charge is 0.456 e. The number of fused-ring (bicyclic) bond motifs is 11. The van der Waals surface area contributed by atoms with E-state index in [1.54, 1.807) is 0 Å². The minimum atomic E-state index is -0.476. The number of nitrogens with one attached hydrogen (secondary N) is 1. The summed E-state index contributed by atoms with van der Waals surface area (Å²) in [5.74, 6) is 1.44. The van der Waals surface area contributed by atoms with Crippen LogP contribution in [0.3, 0.4) is 0 Å². The van der Waals surface area contributed by atoms with Crippen LogP contribution in [0.1, 0.15) is 22.9 Å². The molecule has 1 atom stereocenters. The fourth-order valence-electron chi connectivity index (χ4n) is 9.26. The lowest BCUT2D eigenvalue weighted by Crippen LogP contribution is -2.34. The van der Waals surface area contributed by atoms with Crippen molar-refractivity contribution in [2.75, 3.05) is 0 Å². The maximum atomic E-state index is 6.25. The van der Waals surface area contributed by atoms with Gasteiger partial charge in [0.1, 0.15) is 23.2 Å². The van der Waals surface area contributed by atoms with Crippen LogP contribution in [0.2, 0.25) is 0 Å². The number of hydrogen-bond donors (Lipinski definition) is 1. The van der Waals surface area contributed by atoms with Gasteiger partial charge in [0, 0.05) is 58.4 Å². The van der Waals surface area contributed by atoms with Crippen LogP contribution >= 0.6 is 11.3 Å². The zero-order chi connectivity index (χ0) is 38.6. The van der Waals surface area contributed by atoms with Crippen LogP contribution in [-0.4, -0.2) is 16.2 Å². The highest BCUT2D eigenvalue weighted by Gasteiger charge is 2.28. The second-order valence-corrected chi connectivity index (χ2v) is 16.5. The predicted octanol–water partition coefficient (Wildman–Crippen LogP) is 13.9. The Morgan fingerprint density at radius 3 is 2.07 bits per heavy atom. The first-order valence-electron chi connectivity index (χ1n) is 19.9. The summed E-state index contributed by atoms with van der Waals surface area (Å²) in [5, 5.41) is 15.7. The van der Waals surface area contributed by atoms with Crippen LogP contribution in [0.4, 0.5) is 0 Å². The monoisotopic (exact) mass is 772 g/mol. The van der Waals surface area contributed by atoms with Gasteiger partial charge in [0.15, 0.2) is 5.84 Å². The molecule has 0 radical (unpaired) electrons. The van der Waals surface area contributed by atoms with E-state index < -0.39 is 6.17 Å². The number of aromatic nitrogens is 1. The Hall–Kier alpha value is -7.54. The second kappa shape index (κ2) is 12.5. The van der Waals surface area contributed by atoms with Gasteiger partial charge in [0.05, 0.1) is 16.7 Å². The molecule has 59 heavy (non-hydrogen) atoms. The third-order valence-electron chi connectivity index (χ3n) is 12.0. The van der Waals surface area contributed by atoms with Gasteiger partial charge in [-0.2, -0.15) is 0 Å². The van der Waals surface area contributed by atoms with E-state index in [2.05, 4.69) is 180 Å². The van der Waals surface area contributed by atoms with Crippen molar-refractivity contribution in [1.82, 2.24) is 9.88 Å². The summed E-state index contributed by atoms with van der Waals surface area (Å²) in [6.45, 7) is 0. The van der Waals surface area contributed by atoms with Crippen LogP contribution in [-0.2, 0) is 0 Å². The van der Waals surface area contributed by atoms with Crippen molar-refractivity contribution in [3.8, 4) is 5.69 Å². The molecule has 6 heteroatoms. The molecule has 1 unspecified atom stereocenters. The van der Waals surface area contributed by atoms with E-state index in [1.807, 2.05) is 23.5 Å². The lowest BCUT2D eigenvalue weighted by Gasteiger charge is -2.26. The molecular weight excluding hydrogens is 741 g/mol. The summed E-state index contributed by atoms with van der Waals surface area (Å²) in [6, 6.07) is 65.1. The lowest BCUT2D eigenvalue weighted by atomic mass is 10.0. The van der Waals surface area contributed by atoms with Gasteiger partial charge in [-0.3, -0.25) is 0 Å². The van der Waals surface area contributed by atoms with Crippen LogP contribution in [0.15, 0.2) is 196 Å². The number of rotatable bonds is 4. The topological polar surface area (TPSA) is 54.8 Å². The maximum Gasteiger partial charge on any atom is 0.159 e. The molecule has 1 N–H and O–H groups in total. The molecule has 0 fully saturated rings. The Kier molecular flexibility index (Phi) is 6.88. The number of nitrogens with zero attached hydrogens (tertiary/aromatic N) is 3. The molecule has 0 amide bonds. The fraction of sp³-hybridized carbons (Fsp3) is 0.0189. The summed E-state index contributed by atoms with van der Waals surface area (Å²) in [5.41, 5.74) is 8.16. The highest BCUT2D eigenvalue weighted by molar-refractivity contribution is 7.25.